The van der Waals surface area contributed by atoms with Crippen molar-refractivity contribution in [1.29, 1.82) is 0 Å². The second kappa shape index (κ2) is 8.27. The molecule has 0 bridgehead atoms. The van der Waals surface area contributed by atoms with Crippen molar-refractivity contribution in [2.75, 3.05) is 25.5 Å². The van der Waals surface area contributed by atoms with Crippen LogP contribution in [0.25, 0.3) is 11.1 Å². The zero-order valence-electron chi connectivity index (χ0n) is 14.7. The molecule has 1 atom stereocenters. The van der Waals surface area contributed by atoms with E-state index in [2.05, 4.69) is 17.3 Å². The minimum atomic E-state index is -0.668. The number of nitrogens with one attached hydrogen (secondary N) is 1. The Morgan fingerprint density at radius 1 is 1.23 bits per heavy atom. The van der Waals surface area contributed by atoms with E-state index in [-0.39, 0.29) is 0 Å². The Kier molecular flexibility index (Phi) is 5.83. The Morgan fingerprint density at radius 2 is 1.96 bits per heavy atom. The number of ether oxygens (including phenoxy) is 1. The van der Waals surface area contributed by atoms with Crippen molar-refractivity contribution >= 4 is 11.8 Å². The summed E-state index contributed by atoms with van der Waals surface area (Å²) in [5.74, 6) is -1.34. The van der Waals surface area contributed by atoms with Crippen LogP contribution in [0.2, 0.25) is 0 Å². The van der Waals surface area contributed by atoms with Crippen LogP contribution < -0.4 is 5.32 Å². The highest BCUT2D eigenvalue weighted by Crippen LogP contribution is 2.29. The molecule has 26 heavy (non-hydrogen) atoms. The number of amides is 1. The molecule has 0 aromatic heterocycles. The fourth-order valence-electron chi connectivity index (χ4n) is 3.33. The Balaban J connectivity index is 1.63. The molecule has 3 rings (SSSR count). The normalized spacial score (nSPS) is 17.3. The van der Waals surface area contributed by atoms with Crippen LogP contribution in [0.15, 0.2) is 42.5 Å². The Labute approximate surface area is 151 Å². The molecule has 0 spiro atoms. The molecule has 1 heterocycles. The first-order valence-corrected chi connectivity index (χ1v) is 8.72. The predicted octanol–water partition coefficient (Wildman–Crippen LogP) is 4.66. The van der Waals surface area contributed by atoms with Gasteiger partial charge in [0, 0.05) is 17.7 Å². The van der Waals surface area contributed by atoms with Crippen molar-refractivity contribution in [3.63, 3.8) is 0 Å². The monoisotopic (exact) mass is 360 g/mol. The van der Waals surface area contributed by atoms with Crippen molar-refractivity contribution in [3.05, 3.63) is 54.1 Å². The Bertz CT molecular complexity index is 762. The maximum atomic E-state index is 13.5. The number of carbonyl (C=O) groups is 1. The van der Waals surface area contributed by atoms with E-state index in [9.17, 15) is 13.6 Å². The van der Waals surface area contributed by atoms with E-state index in [0.717, 1.165) is 25.5 Å². The SMILES string of the molecule is CN1CCCC1CCOC(=O)Nc1ccccc1-c1cc(F)cc(F)c1. The third-order valence-corrected chi connectivity index (χ3v) is 4.69. The smallest absolute Gasteiger partial charge is 0.411 e. The molecule has 4 nitrogen and oxygen atoms in total. The summed E-state index contributed by atoms with van der Waals surface area (Å²) in [6, 6.07) is 10.6. The number of carbonyl (C=O) groups excluding carboxylic acids is 1. The van der Waals surface area contributed by atoms with Gasteiger partial charge in [-0.25, -0.2) is 13.6 Å². The van der Waals surface area contributed by atoms with Gasteiger partial charge in [-0.3, -0.25) is 5.32 Å². The van der Waals surface area contributed by atoms with Crippen LogP contribution in [-0.4, -0.2) is 37.2 Å². The van der Waals surface area contributed by atoms with Crippen LogP contribution in [-0.2, 0) is 4.74 Å². The summed E-state index contributed by atoms with van der Waals surface area (Å²) in [6.45, 7) is 1.41. The first-order valence-electron chi connectivity index (χ1n) is 8.72. The van der Waals surface area contributed by atoms with E-state index in [4.69, 9.17) is 4.74 Å². The quantitative estimate of drug-likeness (QED) is 0.843. The molecular formula is C20H22F2N2O2. The van der Waals surface area contributed by atoms with Crippen molar-refractivity contribution < 1.29 is 18.3 Å². The zero-order chi connectivity index (χ0) is 18.5. The first-order chi connectivity index (χ1) is 12.5. The minimum Gasteiger partial charge on any atom is -0.449 e. The van der Waals surface area contributed by atoms with Crippen molar-refractivity contribution in [1.82, 2.24) is 4.90 Å². The lowest BCUT2D eigenvalue weighted by Crippen LogP contribution is -2.27. The Morgan fingerprint density at radius 3 is 2.65 bits per heavy atom. The standard InChI is InChI=1S/C20H22F2N2O2/c1-24-9-4-5-17(24)8-10-26-20(25)23-19-7-3-2-6-18(19)14-11-15(21)13-16(22)12-14/h2-3,6-7,11-13,17H,4-5,8-10H2,1H3,(H,23,25). The summed E-state index contributed by atoms with van der Waals surface area (Å²) >= 11 is 0. The van der Waals surface area contributed by atoms with Gasteiger partial charge in [-0.15, -0.1) is 0 Å². The fraction of sp³-hybridized carbons (Fsp3) is 0.350. The van der Waals surface area contributed by atoms with Gasteiger partial charge in [0.2, 0.25) is 0 Å². The number of nitrogens with zero attached hydrogens (tertiary/aromatic N) is 1. The minimum absolute atomic E-state index is 0.331. The predicted molar refractivity (Wildman–Crippen MR) is 97.0 cm³/mol. The van der Waals surface area contributed by atoms with Crippen molar-refractivity contribution in [2.24, 2.45) is 0 Å². The van der Waals surface area contributed by atoms with Crippen LogP contribution in [0.1, 0.15) is 19.3 Å². The highest BCUT2D eigenvalue weighted by atomic mass is 19.1. The van der Waals surface area contributed by atoms with Gasteiger partial charge in [0.15, 0.2) is 0 Å². The number of rotatable bonds is 5. The number of benzene rings is 2. The summed E-state index contributed by atoms with van der Waals surface area (Å²) in [5.41, 5.74) is 1.32. The lowest BCUT2D eigenvalue weighted by molar-refractivity contribution is 0.147. The molecule has 1 N–H and O–H groups in total. The van der Waals surface area contributed by atoms with E-state index in [1.807, 2.05) is 0 Å². The largest absolute Gasteiger partial charge is 0.449 e. The molecule has 1 unspecified atom stereocenters. The molecule has 1 aliphatic rings. The molecular weight excluding hydrogens is 338 g/mol. The molecule has 1 saturated heterocycles. The van der Waals surface area contributed by atoms with Crippen LogP contribution in [0.4, 0.5) is 19.3 Å². The van der Waals surface area contributed by atoms with Crippen LogP contribution in [0.5, 0.6) is 0 Å². The maximum Gasteiger partial charge on any atom is 0.411 e. The summed E-state index contributed by atoms with van der Waals surface area (Å²) in [6.07, 6.45) is 2.51. The molecule has 138 valence electrons. The molecule has 1 amide bonds. The number of hydrogen-bond donors (Lipinski definition) is 1. The van der Waals surface area contributed by atoms with Crippen LogP contribution >= 0.6 is 0 Å². The van der Waals surface area contributed by atoms with Gasteiger partial charge >= 0.3 is 6.09 Å². The second-order valence-electron chi connectivity index (χ2n) is 6.53. The van der Waals surface area contributed by atoms with E-state index in [0.29, 0.717) is 29.5 Å². The number of anilines is 1. The molecule has 0 radical (unpaired) electrons. The number of likely N-dealkylation sites (tertiary alicyclic amines) is 1. The van der Waals surface area contributed by atoms with Crippen LogP contribution in [0, 0.1) is 11.6 Å². The van der Waals surface area contributed by atoms with E-state index in [1.54, 1.807) is 24.3 Å². The summed E-state index contributed by atoms with van der Waals surface area (Å²) in [4.78, 5) is 14.4. The first kappa shape index (κ1) is 18.3. The molecule has 0 saturated carbocycles. The third kappa shape index (κ3) is 4.58. The molecule has 2 aromatic rings. The molecule has 2 aromatic carbocycles. The summed E-state index contributed by atoms with van der Waals surface area (Å²) < 4.78 is 32.3. The average Bonchev–Trinajstić information content (AvgIpc) is 2.99. The van der Waals surface area contributed by atoms with E-state index in [1.165, 1.54) is 18.6 Å². The van der Waals surface area contributed by atoms with Gasteiger partial charge in [-0.2, -0.15) is 0 Å². The van der Waals surface area contributed by atoms with Gasteiger partial charge in [-0.05, 0) is 56.6 Å². The summed E-state index contributed by atoms with van der Waals surface area (Å²) in [7, 11) is 2.08. The molecule has 1 aliphatic heterocycles. The summed E-state index contributed by atoms with van der Waals surface area (Å²) in [5, 5.41) is 2.66. The third-order valence-electron chi connectivity index (χ3n) is 4.69. The zero-order valence-corrected chi connectivity index (χ0v) is 14.7. The fourth-order valence-corrected chi connectivity index (χ4v) is 3.33. The highest BCUT2D eigenvalue weighted by Gasteiger charge is 2.21. The lowest BCUT2D eigenvalue weighted by atomic mass is 10.0. The van der Waals surface area contributed by atoms with Gasteiger partial charge in [0.25, 0.3) is 0 Å². The van der Waals surface area contributed by atoms with Gasteiger partial charge in [0.1, 0.15) is 11.6 Å². The molecule has 0 aliphatic carbocycles. The van der Waals surface area contributed by atoms with Gasteiger partial charge in [-0.1, -0.05) is 18.2 Å². The average molecular weight is 360 g/mol. The Hall–Kier alpha value is -2.47. The van der Waals surface area contributed by atoms with E-state index < -0.39 is 17.7 Å². The number of para-hydroxylation sites is 1. The van der Waals surface area contributed by atoms with Crippen molar-refractivity contribution in [2.45, 2.75) is 25.3 Å². The number of hydrogen-bond acceptors (Lipinski definition) is 3. The maximum absolute atomic E-state index is 13.5. The van der Waals surface area contributed by atoms with Gasteiger partial charge in [0.05, 0.1) is 12.3 Å². The topological polar surface area (TPSA) is 41.6 Å². The van der Waals surface area contributed by atoms with E-state index >= 15 is 0 Å². The molecule has 1 fully saturated rings. The highest BCUT2D eigenvalue weighted by molar-refractivity contribution is 5.91. The second-order valence-corrected chi connectivity index (χ2v) is 6.53. The van der Waals surface area contributed by atoms with Gasteiger partial charge < -0.3 is 9.64 Å². The van der Waals surface area contributed by atoms with Crippen LogP contribution in [0.3, 0.4) is 0 Å². The number of halogens is 2. The van der Waals surface area contributed by atoms with Crippen molar-refractivity contribution in [3.8, 4) is 11.1 Å². The lowest BCUT2D eigenvalue weighted by Gasteiger charge is -2.19. The molecule has 6 heteroatoms.